The molecule has 0 aromatic carbocycles. The number of carbonyl (C=O) groups is 1. The quantitative estimate of drug-likeness (QED) is 0.828. The van der Waals surface area contributed by atoms with Gasteiger partial charge in [0, 0.05) is 43.2 Å². The summed E-state index contributed by atoms with van der Waals surface area (Å²) in [5.41, 5.74) is 3.92. The van der Waals surface area contributed by atoms with Crippen molar-refractivity contribution in [2.75, 3.05) is 24.5 Å². The maximum absolute atomic E-state index is 12.7. The van der Waals surface area contributed by atoms with Crippen molar-refractivity contribution >= 4 is 11.7 Å². The van der Waals surface area contributed by atoms with Crippen LogP contribution in [0.25, 0.3) is 0 Å². The highest BCUT2D eigenvalue weighted by atomic mass is 16.5. The summed E-state index contributed by atoms with van der Waals surface area (Å²) in [7, 11) is 0. The van der Waals surface area contributed by atoms with Crippen molar-refractivity contribution in [2.45, 2.75) is 53.5 Å². The van der Waals surface area contributed by atoms with Crippen LogP contribution in [0.2, 0.25) is 0 Å². The molecular formula is C20H27N5O2. The van der Waals surface area contributed by atoms with Crippen LogP contribution in [0.3, 0.4) is 0 Å². The first-order valence-corrected chi connectivity index (χ1v) is 9.62. The van der Waals surface area contributed by atoms with E-state index in [0.29, 0.717) is 13.0 Å². The number of piperidine rings is 1. The molecule has 0 unspecified atom stereocenters. The average Bonchev–Trinajstić information content (AvgIpc) is 3.12. The summed E-state index contributed by atoms with van der Waals surface area (Å²) >= 11 is 0. The zero-order valence-corrected chi connectivity index (χ0v) is 16.6. The third-order valence-corrected chi connectivity index (χ3v) is 6.11. The van der Waals surface area contributed by atoms with Gasteiger partial charge in [0.1, 0.15) is 11.6 Å². The van der Waals surface area contributed by atoms with Gasteiger partial charge in [-0.25, -0.2) is 4.98 Å². The number of hydrogen-bond acceptors (Lipinski definition) is 6. The van der Waals surface area contributed by atoms with Crippen molar-refractivity contribution < 1.29 is 9.32 Å². The number of nitrogens with zero attached hydrogens (tertiary/aromatic N) is 5. The number of aryl methyl sites for hydroxylation is 4. The highest BCUT2D eigenvalue weighted by Gasteiger charge is 2.45. The second-order valence-electron chi connectivity index (χ2n) is 8.14. The molecule has 2 fully saturated rings. The molecule has 2 aliphatic rings. The van der Waals surface area contributed by atoms with Crippen molar-refractivity contribution in [2.24, 2.45) is 5.41 Å². The Balaban J connectivity index is 1.44. The van der Waals surface area contributed by atoms with E-state index in [0.717, 1.165) is 66.7 Å². The highest BCUT2D eigenvalue weighted by molar-refractivity contribution is 5.79. The van der Waals surface area contributed by atoms with Crippen LogP contribution >= 0.6 is 0 Å². The van der Waals surface area contributed by atoms with Gasteiger partial charge in [-0.2, -0.15) is 0 Å². The van der Waals surface area contributed by atoms with Crippen LogP contribution < -0.4 is 4.90 Å². The van der Waals surface area contributed by atoms with E-state index in [9.17, 15) is 4.79 Å². The lowest BCUT2D eigenvalue weighted by atomic mass is 9.77. The van der Waals surface area contributed by atoms with Crippen LogP contribution in [0.15, 0.2) is 10.7 Å². The molecule has 0 bridgehead atoms. The summed E-state index contributed by atoms with van der Waals surface area (Å²) in [5, 5.41) is 4.01. The minimum Gasteiger partial charge on any atom is -0.361 e. The Morgan fingerprint density at radius 1 is 1.15 bits per heavy atom. The number of likely N-dealkylation sites (tertiary alicyclic amines) is 1. The molecule has 0 aliphatic carbocycles. The minimum absolute atomic E-state index is 0.0811. The third kappa shape index (κ3) is 3.31. The van der Waals surface area contributed by atoms with Gasteiger partial charge in [0.2, 0.25) is 5.91 Å². The van der Waals surface area contributed by atoms with Crippen LogP contribution in [0.1, 0.15) is 47.7 Å². The zero-order chi connectivity index (χ0) is 19.2. The fraction of sp³-hybridized carbons (Fsp3) is 0.600. The second-order valence-corrected chi connectivity index (χ2v) is 8.14. The van der Waals surface area contributed by atoms with E-state index >= 15 is 0 Å². The van der Waals surface area contributed by atoms with Gasteiger partial charge in [-0.3, -0.25) is 9.78 Å². The second kappa shape index (κ2) is 6.62. The molecule has 144 valence electrons. The summed E-state index contributed by atoms with van der Waals surface area (Å²) in [6, 6.07) is 0. The van der Waals surface area contributed by atoms with Crippen LogP contribution in [-0.2, 0) is 11.3 Å². The molecule has 4 rings (SSSR count). The smallest absolute Gasteiger partial charge is 0.223 e. The highest BCUT2D eigenvalue weighted by Crippen LogP contribution is 2.42. The Morgan fingerprint density at radius 2 is 1.89 bits per heavy atom. The molecule has 2 saturated heterocycles. The first-order chi connectivity index (χ1) is 12.9. The monoisotopic (exact) mass is 369 g/mol. The molecular weight excluding hydrogens is 342 g/mol. The Morgan fingerprint density at radius 3 is 2.56 bits per heavy atom. The average molecular weight is 369 g/mol. The van der Waals surface area contributed by atoms with Gasteiger partial charge in [-0.1, -0.05) is 5.16 Å². The van der Waals surface area contributed by atoms with Crippen molar-refractivity contribution in [1.29, 1.82) is 0 Å². The first kappa shape index (κ1) is 17.9. The Bertz CT molecular complexity index is 848. The summed E-state index contributed by atoms with van der Waals surface area (Å²) in [5.74, 6) is 2.04. The number of amides is 1. The molecule has 1 spiro atoms. The van der Waals surface area contributed by atoms with Gasteiger partial charge >= 0.3 is 0 Å². The van der Waals surface area contributed by atoms with E-state index in [1.165, 1.54) is 0 Å². The third-order valence-electron chi connectivity index (χ3n) is 6.11. The van der Waals surface area contributed by atoms with Crippen molar-refractivity contribution in [3.63, 3.8) is 0 Å². The van der Waals surface area contributed by atoms with E-state index < -0.39 is 0 Å². The van der Waals surface area contributed by atoms with Crippen LogP contribution in [0.4, 0.5) is 5.82 Å². The maximum atomic E-state index is 12.7. The number of aromatic nitrogens is 3. The van der Waals surface area contributed by atoms with Gasteiger partial charge in [0.15, 0.2) is 0 Å². The van der Waals surface area contributed by atoms with Crippen molar-refractivity contribution in [1.82, 2.24) is 20.0 Å². The van der Waals surface area contributed by atoms with Crippen LogP contribution in [0.5, 0.6) is 0 Å². The molecule has 0 N–H and O–H groups in total. The van der Waals surface area contributed by atoms with E-state index in [1.54, 1.807) is 0 Å². The van der Waals surface area contributed by atoms with Crippen molar-refractivity contribution in [3.05, 3.63) is 34.6 Å². The maximum Gasteiger partial charge on any atom is 0.223 e. The molecule has 0 saturated carbocycles. The summed E-state index contributed by atoms with van der Waals surface area (Å²) in [6.07, 6.45) is 4.47. The van der Waals surface area contributed by atoms with E-state index in [2.05, 4.69) is 20.0 Å². The largest absolute Gasteiger partial charge is 0.361 e. The normalized spacial score (nSPS) is 19.3. The van der Waals surface area contributed by atoms with Gasteiger partial charge in [-0.05, 0) is 40.5 Å². The Kier molecular flexibility index (Phi) is 4.40. The lowest BCUT2D eigenvalue weighted by Gasteiger charge is -2.39. The van der Waals surface area contributed by atoms with E-state index in [4.69, 9.17) is 4.52 Å². The molecule has 7 heteroatoms. The molecule has 0 atom stereocenters. The predicted octanol–water partition coefficient (Wildman–Crippen LogP) is 2.72. The predicted molar refractivity (Wildman–Crippen MR) is 101 cm³/mol. The van der Waals surface area contributed by atoms with Gasteiger partial charge < -0.3 is 14.3 Å². The number of hydrogen-bond donors (Lipinski definition) is 0. The minimum atomic E-state index is 0.0811. The molecule has 4 heterocycles. The first-order valence-electron chi connectivity index (χ1n) is 9.62. The van der Waals surface area contributed by atoms with Gasteiger partial charge in [0.05, 0.1) is 23.6 Å². The SMILES string of the molecule is Cc1cnc(C)c(N2CCC3(CC2)CC(=O)N(Cc2c(C)noc2C)C3)n1. The number of anilines is 1. The number of carbonyl (C=O) groups excluding carboxylic acids is 1. The standard InChI is InChI=1S/C20H27N5O2/c1-13-10-21-15(3)19(22-13)24-7-5-20(6-8-24)9-18(26)25(12-20)11-17-14(2)23-27-16(17)4/h10H,5-9,11-12H2,1-4H3. The van der Waals surface area contributed by atoms with Gasteiger partial charge in [0.25, 0.3) is 0 Å². The van der Waals surface area contributed by atoms with E-state index in [1.807, 2.05) is 38.8 Å². The summed E-state index contributed by atoms with van der Waals surface area (Å²) < 4.78 is 5.25. The fourth-order valence-corrected chi connectivity index (χ4v) is 4.40. The Hall–Kier alpha value is -2.44. The number of rotatable bonds is 3. The summed E-state index contributed by atoms with van der Waals surface area (Å²) in [4.78, 5) is 26.1. The van der Waals surface area contributed by atoms with Gasteiger partial charge in [-0.15, -0.1) is 0 Å². The van der Waals surface area contributed by atoms with Crippen LogP contribution in [0, 0.1) is 33.1 Å². The van der Waals surface area contributed by atoms with Crippen molar-refractivity contribution in [3.8, 4) is 0 Å². The topological polar surface area (TPSA) is 75.4 Å². The molecule has 2 aromatic rings. The zero-order valence-electron chi connectivity index (χ0n) is 16.6. The lowest BCUT2D eigenvalue weighted by Crippen LogP contribution is -2.42. The van der Waals surface area contributed by atoms with E-state index in [-0.39, 0.29) is 11.3 Å². The molecule has 2 aliphatic heterocycles. The molecule has 7 nitrogen and oxygen atoms in total. The molecule has 2 aromatic heterocycles. The molecule has 1 amide bonds. The fourth-order valence-electron chi connectivity index (χ4n) is 4.40. The van der Waals surface area contributed by atoms with Crippen LogP contribution in [-0.4, -0.2) is 45.6 Å². The lowest BCUT2D eigenvalue weighted by molar-refractivity contribution is -0.128. The summed E-state index contributed by atoms with van der Waals surface area (Å²) in [6.45, 7) is 11.1. The molecule has 0 radical (unpaired) electrons. The molecule has 27 heavy (non-hydrogen) atoms. The Labute approximate surface area is 159 Å².